The van der Waals surface area contributed by atoms with E-state index in [1.54, 1.807) is 23.7 Å². The van der Waals surface area contributed by atoms with Crippen molar-refractivity contribution in [2.24, 2.45) is 0 Å². The van der Waals surface area contributed by atoms with Crippen molar-refractivity contribution in [3.8, 4) is 5.69 Å². The molecule has 2 aromatic heterocycles. The number of aryl methyl sites for hydroxylation is 1. The number of halogens is 1. The van der Waals surface area contributed by atoms with Gasteiger partial charge in [0.05, 0.1) is 11.9 Å². The van der Waals surface area contributed by atoms with Crippen LogP contribution in [0.1, 0.15) is 5.69 Å². The van der Waals surface area contributed by atoms with E-state index in [-0.39, 0.29) is 11.4 Å². The van der Waals surface area contributed by atoms with Crippen LogP contribution in [0, 0.1) is 12.7 Å². The third kappa shape index (κ3) is 1.58. The van der Waals surface area contributed by atoms with Gasteiger partial charge < -0.3 is 4.98 Å². The zero-order chi connectivity index (χ0) is 12.7. The molecule has 2 heterocycles. The fourth-order valence-corrected chi connectivity index (χ4v) is 1.73. The lowest BCUT2D eigenvalue weighted by atomic mass is 10.3. The first-order valence-electron chi connectivity index (χ1n) is 5.36. The zero-order valence-electron chi connectivity index (χ0n) is 9.51. The number of nitrogens with zero attached hydrogens (tertiary/aromatic N) is 3. The lowest BCUT2D eigenvalue weighted by molar-refractivity contribution is 0.627. The number of H-pyrrole nitrogens is 1. The van der Waals surface area contributed by atoms with Crippen LogP contribution >= 0.6 is 0 Å². The Morgan fingerprint density at radius 3 is 2.72 bits per heavy atom. The maximum atomic E-state index is 12.9. The first-order chi connectivity index (χ1) is 8.65. The summed E-state index contributed by atoms with van der Waals surface area (Å²) < 4.78 is 14.4. The number of rotatable bonds is 1. The van der Waals surface area contributed by atoms with Crippen molar-refractivity contribution in [3.05, 3.63) is 52.3 Å². The topological polar surface area (TPSA) is 63.6 Å². The van der Waals surface area contributed by atoms with Gasteiger partial charge in [-0.3, -0.25) is 4.79 Å². The average Bonchev–Trinajstić information content (AvgIpc) is 2.74. The zero-order valence-corrected chi connectivity index (χ0v) is 9.51. The molecule has 5 nitrogen and oxygen atoms in total. The number of nitrogens with one attached hydrogen (secondary N) is 1. The third-order valence-electron chi connectivity index (χ3n) is 2.67. The highest BCUT2D eigenvalue weighted by molar-refractivity contribution is 5.71. The molecule has 0 saturated heterocycles. The summed E-state index contributed by atoms with van der Waals surface area (Å²) in [6, 6.07) is 5.90. The molecule has 0 aliphatic rings. The fraction of sp³-hybridized carbons (Fsp3) is 0.0833. The van der Waals surface area contributed by atoms with E-state index in [1.165, 1.54) is 18.3 Å². The van der Waals surface area contributed by atoms with Crippen LogP contribution in [0.4, 0.5) is 4.39 Å². The summed E-state index contributed by atoms with van der Waals surface area (Å²) in [7, 11) is 0. The van der Waals surface area contributed by atoms with Crippen molar-refractivity contribution in [3.63, 3.8) is 0 Å². The predicted molar refractivity (Wildman–Crippen MR) is 64.2 cm³/mol. The maximum Gasteiger partial charge on any atom is 0.269 e. The molecular weight excluding hydrogens is 235 g/mol. The molecule has 18 heavy (non-hydrogen) atoms. The monoisotopic (exact) mass is 244 g/mol. The van der Waals surface area contributed by atoms with Crippen LogP contribution in [0.25, 0.3) is 16.9 Å². The van der Waals surface area contributed by atoms with Gasteiger partial charge in [0.25, 0.3) is 5.56 Å². The van der Waals surface area contributed by atoms with Gasteiger partial charge in [0.2, 0.25) is 0 Å². The molecular formula is C12H9FN4O. The fourth-order valence-electron chi connectivity index (χ4n) is 1.73. The molecule has 0 atom stereocenters. The molecule has 1 aromatic carbocycles. The van der Waals surface area contributed by atoms with E-state index in [4.69, 9.17) is 0 Å². The third-order valence-corrected chi connectivity index (χ3v) is 2.67. The Labute approximate surface area is 101 Å². The van der Waals surface area contributed by atoms with Crippen LogP contribution in [-0.2, 0) is 0 Å². The Balaban J connectivity index is 2.27. The van der Waals surface area contributed by atoms with Crippen LogP contribution in [0.3, 0.4) is 0 Å². The summed E-state index contributed by atoms with van der Waals surface area (Å²) in [5, 5.41) is 4.14. The Kier molecular flexibility index (Phi) is 2.22. The number of aromatic amines is 1. The van der Waals surface area contributed by atoms with Crippen molar-refractivity contribution in [1.82, 2.24) is 19.7 Å². The molecule has 0 fully saturated rings. The molecule has 3 aromatic rings. The summed E-state index contributed by atoms with van der Waals surface area (Å²) >= 11 is 0. The number of hydrogen-bond acceptors (Lipinski definition) is 3. The molecule has 0 aliphatic heterocycles. The standard InChI is InChI=1S/C12H9FN4O/c1-7-12(18)16-10-6-14-17(11(10)15-7)9-4-2-8(13)3-5-9/h2-6H,1H3,(H,16,18). The molecule has 0 unspecified atom stereocenters. The van der Waals surface area contributed by atoms with Crippen molar-refractivity contribution in [2.45, 2.75) is 6.92 Å². The molecule has 0 spiro atoms. The summed E-state index contributed by atoms with van der Waals surface area (Å²) in [6.45, 7) is 1.63. The van der Waals surface area contributed by atoms with Gasteiger partial charge >= 0.3 is 0 Å². The highest BCUT2D eigenvalue weighted by Gasteiger charge is 2.08. The van der Waals surface area contributed by atoms with Gasteiger partial charge in [-0.25, -0.2) is 14.1 Å². The minimum absolute atomic E-state index is 0.235. The van der Waals surface area contributed by atoms with Crippen LogP contribution in [-0.4, -0.2) is 19.7 Å². The van der Waals surface area contributed by atoms with Gasteiger partial charge in [-0.1, -0.05) is 0 Å². The number of fused-ring (bicyclic) bond motifs is 1. The maximum absolute atomic E-state index is 12.9. The van der Waals surface area contributed by atoms with Crippen molar-refractivity contribution in [1.29, 1.82) is 0 Å². The Hall–Kier alpha value is -2.50. The highest BCUT2D eigenvalue weighted by Crippen LogP contribution is 2.14. The van der Waals surface area contributed by atoms with Gasteiger partial charge in [-0.15, -0.1) is 0 Å². The second-order valence-electron chi connectivity index (χ2n) is 3.92. The van der Waals surface area contributed by atoms with Gasteiger partial charge in [0.1, 0.15) is 17.0 Å². The van der Waals surface area contributed by atoms with Crippen LogP contribution in [0.5, 0.6) is 0 Å². The van der Waals surface area contributed by atoms with Gasteiger partial charge in [0, 0.05) is 0 Å². The Morgan fingerprint density at radius 1 is 1.28 bits per heavy atom. The summed E-state index contributed by atoms with van der Waals surface area (Å²) in [6.07, 6.45) is 1.52. The van der Waals surface area contributed by atoms with E-state index < -0.39 is 0 Å². The minimum atomic E-state index is -0.312. The summed E-state index contributed by atoms with van der Waals surface area (Å²) in [4.78, 5) is 18.3. The quantitative estimate of drug-likeness (QED) is 0.706. The van der Waals surface area contributed by atoms with Crippen molar-refractivity contribution in [2.75, 3.05) is 0 Å². The lowest BCUT2D eigenvalue weighted by Gasteiger charge is -2.02. The number of aromatic nitrogens is 4. The molecule has 6 heteroatoms. The molecule has 0 bridgehead atoms. The molecule has 1 N–H and O–H groups in total. The molecule has 0 aliphatic carbocycles. The van der Waals surface area contributed by atoms with E-state index in [0.29, 0.717) is 22.5 Å². The largest absolute Gasteiger partial charge is 0.316 e. The van der Waals surface area contributed by atoms with Gasteiger partial charge in [0.15, 0.2) is 5.65 Å². The Morgan fingerprint density at radius 2 is 2.00 bits per heavy atom. The minimum Gasteiger partial charge on any atom is -0.316 e. The molecule has 0 radical (unpaired) electrons. The first kappa shape index (κ1) is 10.6. The molecule has 0 saturated carbocycles. The van der Waals surface area contributed by atoms with Crippen molar-refractivity contribution >= 4 is 11.2 Å². The molecule has 3 rings (SSSR count). The number of hydrogen-bond donors (Lipinski definition) is 1. The predicted octanol–water partition coefficient (Wildman–Crippen LogP) is 1.56. The lowest BCUT2D eigenvalue weighted by Crippen LogP contribution is -2.12. The summed E-state index contributed by atoms with van der Waals surface area (Å²) in [5.41, 5.74) is 1.91. The SMILES string of the molecule is Cc1nc2c(cnn2-c2ccc(F)cc2)[nH]c1=O. The average molecular weight is 244 g/mol. The highest BCUT2D eigenvalue weighted by atomic mass is 19.1. The first-order valence-corrected chi connectivity index (χ1v) is 5.36. The van der Waals surface area contributed by atoms with Gasteiger partial charge in [-0.05, 0) is 31.2 Å². The molecule has 0 amide bonds. The van der Waals surface area contributed by atoms with E-state index in [2.05, 4.69) is 15.1 Å². The number of benzene rings is 1. The van der Waals surface area contributed by atoms with E-state index in [0.717, 1.165) is 0 Å². The smallest absolute Gasteiger partial charge is 0.269 e. The Bertz CT molecular complexity index is 773. The summed E-state index contributed by atoms with van der Waals surface area (Å²) in [5.74, 6) is -0.312. The van der Waals surface area contributed by atoms with Crippen molar-refractivity contribution < 1.29 is 4.39 Å². The second-order valence-corrected chi connectivity index (χ2v) is 3.92. The van der Waals surface area contributed by atoms with Crippen LogP contribution in [0.15, 0.2) is 35.3 Å². The normalized spacial score (nSPS) is 11.0. The molecule has 90 valence electrons. The van der Waals surface area contributed by atoms with Crippen LogP contribution in [0.2, 0.25) is 0 Å². The van der Waals surface area contributed by atoms with E-state index in [1.807, 2.05) is 0 Å². The van der Waals surface area contributed by atoms with Gasteiger partial charge in [-0.2, -0.15) is 5.10 Å². The van der Waals surface area contributed by atoms with E-state index in [9.17, 15) is 9.18 Å². The van der Waals surface area contributed by atoms with E-state index >= 15 is 0 Å². The second kappa shape index (κ2) is 3.76. The van der Waals surface area contributed by atoms with Crippen LogP contribution < -0.4 is 5.56 Å².